The quantitative estimate of drug-likeness (QED) is 0.602. The first-order chi connectivity index (χ1) is 13.3. The maximum Gasteiger partial charge on any atom is 0.193 e. The number of ether oxygens (including phenoxy) is 1. The van der Waals surface area contributed by atoms with E-state index < -0.39 is 0 Å². The summed E-state index contributed by atoms with van der Waals surface area (Å²) in [5, 5.41) is 3.50. The van der Waals surface area contributed by atoms with E-state index in [0.29, 0.717) is 6.10 Å². The van der Waals surface area contributed by atoms with Crippen molar-refractivity contribution in [2.45, 2.75) is 38.8 Å². The normalized spacial score (nSPS) is 15.9. The van der Waals surface area contributed by atoms with Crippen molar-refractivity contribution in [1.82, 2.24) is 19.8 Å². The van der Waals surface area contributed by atoms with Gasteiger partial charge >= 0.3 is 0 Å². The number of hydrogen-bond donors (Lipinski definition) is 1. The van der Waals surface area contributed by atoms with Crippen LogP contribution in [0, 0.1) is 0 Å². The molecule has 27 heavy (non-hydrogen) atoms. The van der Waals surface area contributed by atoms with Crippen molar-refractivity contribution in [3.05, 3.63) is 54.1 Å². The van der Waals surface area contributed by atoms with Gasteiger partial charge < -0.3 is 19.5 Å². The third-order valence-electron chi connectivity index (χ3n) is 4.98. The fourth-order valence-corrected chi connectivity index (χ4v) is 3.58. The van der Waals surface area contributed by atoms with E-state index in [0.717, 1.165) is 63.8 Å². The molecule has 0 spiro atoms. The number of piperidine rings is 1. The molecule has 0 saturated carbocycles. The van der Waals surface area contributed by atoms with Crippen LogP contribution >= 0.6 is 0 Å². The summed E-state index contributed by atoms with van der Waals surface area (Å²) >= 11 is 0. The monoisotopic (exact) mass is 369 g/mol. The van der Waals surface area contributed by atoms with Gasteiger partial charge in [0.1, 0.15) is 5.82 Å². The van der Waals surface area contributed by atoms with Gasteiger partial charge in [-0.15, -0.1) is 0 Å². The molecular weight excluding hydrogens is 338 g/mol. The molecule has 146 valence electrons. The van der Waals surface area contributed by atoms with Gasteiger partial charge in [0.25, 0.3) is 0 Å². The number of likely N-dealkylation sites (tertiary alicyclic amines) is 1. The van der Waals surface area contributed by atoms with E-state index in [1.165, 1.54) is 5.56 Å². The molecule has 1 aromatic heterocycles. The number of nitrogens with zero attached hydrogens (tertiary/aromatic N) is 4. The van der Waals surface area contributed by atoms with Gasteiger partial charge in [0, 0.05) is 58.6 Å². The van der Waals surface area contributed by atoms with Gasteiger partial charge in [0.15, 0.2) is 5.96 Å². The highest BCUT2D eigenvalue weighted by Crippen LogP contribution is 2.13. The molecule has 0 unspecified atom stereocenters. The second-order valence-corrected chi connectivity index (χ2v) is 6.82. The molecule has 1 aliphatic heterocycles. The molecular formula is C21H31N5O. The van der Waals surface area contributed by atoms with Crippen molar-refractivity contribution in [3.63, 3.8) is 0 Å². The van der Waals surface area contributed by atoms with Crippen molar-refractivity contribution in [3.8, 4) is 0 Å². The second-order valence-electron chi connectivity index (χ2n) is 6.82. The molecule has 0 bridgehead atoms. The number of hydrogen-bond acceptors (Lipinski definition) is 3. The SMILES string of the molecule is CCOC1CCN(C(=NC)NCCc2nccn2Cc2ccccc2)CC1. The number of aromatic nitrogens is 2. The highest BCUT2D eigenvalue weighted by atomic mass is 16.5. The Kier molecular flexibility index (Phi) is 7.27. The van der Waals surface area contributed by atoms with Gasteiger partial charge in [-0.3, -0.25) is 4.99 Å². The van der Waals surface area contributed by atoms with Crippen LogP contribution in [-0.2, 0) is 17.7 Å². The number of rotatable bonds is 7. The van der Waals surface area contributed by atoms with Crippen LogP contribution in [0.5, 0.6) is 0 Å². The van der Waals surface area contributed by atoms with E-state index in [1.54, 1.807) is 0 Å². The van der Waals surface area contributed by atoms with E-state index >= 15 is 0 Å². The first kappa shape index (κ1) is 19.4. The Bertz CT molecular complexity index is 704. The molecule has 0 atom stereocenters. The predicted octanol–water partition coefficient (Wildman–Crippen LogP) is 2.55. The summed E-state index contributed by atoms with van der Waals surface area (Å²) in [7, 11) is 1.85. The summed E-state index contributed by atoms with van der Waals surface area (Å²) in [6.45, 7) is 6.53. The fourth-order valence-electron chi connectivity index (χ4n) is 3.58. The third-order valence-corrected chi connectivity index (χ3v) is 4.98. The minimum Gasteiger partial charge on any atom is -0.378 e. The van der Waals surface area contributed by atoms with Crippen LogP contribution in [0.2, 0.25) is 0 Å². The number of imidazole rings is 1. The van der Waals surface area contributed by atoms with E-state index in [2.05, 4.69) is 62.1 Å². The van der Waals surface area contributed by atoms with Crippen molar-refractivity contribution < 1.29 is 4.74 Å². The van der Waals surface area contributed by atoms with Gasteiger partial charge in [-0.05, 0) is 25.3 Å². The summed E-state index contributed by atoms with van der Waals surface area (Å²) in [5.41, 5.74) is 1.29. The summed E-state index contributed by atoms with van der Waals surface area (Å²) in [6, 6.07) is 10.5. The molecule has 1 aliphatic rings. The van der Waals surface area contributed by atoms with E-state index in [1.807, 2.05) is 19.3 Å². The Hall–Kier alpha value is -2.34. The van der Waals surface area contributed by atoms with Crippen LogP contribution in [0.3, 0.4) is 0 Å². The van der Waals surface area contributed by atoms with E-state index in [-0.39, 0.29) is 0 Å². The largest absolute Gasteiger partial charge is 0.378 e. The maximum atomic E-state index is 5.74. The van der Waals surface area contributed by atoms with Gasteiger partial charge in [-0.1, -0.05) is 30.3 Å². The Morgan fingerprint density at radius 3 is 2.74 bits per heavy atom. The highest BCUT2D eigenvalue weighted by molar-refractivity contribution is 5.79. The zero-order valence-electron chi connectivity index (χ0n) is 16.5. The summed E-state index contributed by atoms with van der Waals surface area (Å²) in [5.74, 6) is 2.07. The Balaban J connectivity index is 1.47. The zero-order valence-corrected chi connectivity index (χ0v) is 16.5. The molecule has 2 aromatic rings. The molecule has 1 fully saturated rings. The van der Waals surface area contributed by atoms with Crippen molar-refractivity contribution in [1.29, 1.82) is 0 Å². The predicted molar refractivity (Wildman–Crippen MR) is 109 cm³/mol. The van der Waals surface area contributed by atoms with Crippen LogP contribution < -0.4 is 5.32 Å². The Labute approximate surface area is 162 Å². The van der Waals surface area contributed by atoms with Gasteiger partial charge in [0.05, 0.1) is 6.10 Å². The van der Waals surface area contributed by atoms with Crippen molar-refractivity contribution in [2.75, 3.05) is 33.3 Å². The molecule has 0 radical (unpaired) electrons. The van der Waals surface area contributed by atoms with Gasteiger partial charge in [-0.2, -0.15) is 0 Å². The Morgan fingerprint density at radius 2 is 2.04 bits per heavy atom. The molecule has 0 aliphatic carbocycles. The minimum absolute atomic E-state index is 0.398. The lowest BCUT2D eigenvalue weighted by molar-refractivity contribution is 0.0264. The molecule has 2 heterocycles. The third kappa shape index (κ3) is 5.57. The summed E-state index contributed by atoms with van der Waals surface area (Å²) < 4.78 is 7.95. The summed E-state index contributed by atoms with van der Waals surface area (Å²) in [6.07, 6.45) is 7.33. The van der Waals surface area contributed by atoms with Gasteiger partial charge in [-0.25, -0.2) is 4.98 Å². The number of aliphatic imine (C=N–C) groups is 1. The van der Waals surface area contributed by atoms with Crippen LogP contribution in [-0.4, -0.2) is 59.8 Å². The molecule has 1 N–H and O–H groups in total. The minimum atomic E-state index is 0.398. The van der Waals surface area contributed by atoms with Crippen LogP contribution in [0.1, 0.15) is 31.2 Å². The summed E-state index contributed by atoms with van der Waals surface area (Å²) in [4.78, 5) is 11.3. The number of guanidine groups is 1. The average Bonchev–Trinajstić information content (AvgIpc) is 3.14. The lowest BCUT2D eigenvalue weighted by Crippen LogP contribution is -2.47. The van der Waals surface area contributed by atoms with Gasteiger partial charge in [0.2, 0.25) is 0 Å². The number of nitrogens with one attached hydrogen (secondary N) is 1. The van der Waals surface area contributed by atoms with E-state index in [9.17, 15) is 0 Å². The first-order valence-corrected chi connectivity index (χ1v) is 9.91. The van der Waals surface area contributed by atoms with E-state index in [4.69, 9.17) is 4.74 Å². The molecule has 0 amide bonds. The van der Waals surface area contributed by atoms with Crippen molar-refractivity contribution in [2.24, 2.45) is 4.99 Å². The maximum absolute atomic E-state index is 5.74. The molecule has 1 saturated heterocycles. The lowest BCUT2D eigenvalue weighted by Gasteiger charge is -2.34. The lowest BCUT2D eigenvalue weighted by atomic mass is 10.1. The fraction of sp³-hybridized carbons (Fsp3) is 0.524. The standard InChI is InChI=1S/C21H31N5O/c1-3-27-19-10-14-25(15-11-19)21(22-2)24-12-9-20-23-13-16-26(20)17-18-7-5-4-6-8-18/h4-8,13,16,19H,3,9-12,14-15,17H2,1-2H3,(H,22,24). The Morgan fingerprint density at radius 1 is 1.26 bits per heavy atom. The van der Waals surface area contributed by atoms with Crippen LogP contribution in [0.15, 0.2) is 47.7 Å². The average molecular weight is 370 g/mol. The molecule has 6 heteroatoms. The van der Waals surface area contributed by atoms with Crippen molar-refractivity contribution >= 4 is 5.96 Å². The topological polar surface area (TPSA) is 54.7 Å². The smallest absolute Gasteiger partial charge is 0.193 e. The molecule has 6 nitrogen and oxygen atoms in total. The van der Waals surface area contributed by atoms with Crippen LogP contribution in [0.25, 0.3) is 0 Å². The molecule has 3 rings (SSSR count). The highest BCUT2D eigenvalue weighted by Gasteiger charge is 2.21. The molecule has 1 aromatic carbocycles. The van der Waals surface area contributed by atoms with Crippen LogP contribution in [0.4, 0.5) is 0 Å². The second kappa shape index (κ2) is 10.1. The first-order valence-electron chi connectivity index (χ1n) is 9.91. The number of benzene rings is 1. The zero-order chi connectivity index (χ0) is 18.9.